The van der Waals surface area contributed by atoms with Gasteiger partial charge in [-0.15, -0.1) is 11.3 Å². The lowest BCUT2D eigenvalue weighted by molar-refractivity contribution is -0.118. The van der Waals surface area contributed by atoms with E-state index in [2.05, 4.69) is 10.5 Å². The number of rotatable bonds is 7. The van der Waals surface area contributed by atoms with E-state index in [0.29, 0.717) is 21.3 Å². The first-order chi connectivity index (χ1) is 17.1. The van der Waals surface area contributed by atoms with Crippen LogP contribution in [0, 0.1) is 0 Å². The number of halogens is 1. The molecule has 2 aromatic heterocycles. The Morgan fingerprint density at radius 1 is 1.17 bits per heavy atom. The second kappa shape index (κ2) is 10.6. The van der Waals surface area contributed by atoms with E-state index in [1.807, 2.05) is 36.4 Å². The summed E-state index contributed by atoms with van der Waals surface area (Å²) < 4.78 is 1.58. The summed E-state index contributed by atoms with van der Waals surface area (Å²) in [6.45, 7) is 0. The first-order valence-electron chi connectivity index (χ1n) is 11.1. The van der Waals surface area contributed by atoms with Crippen molar-refractivity contribution in [3.05, 3.63) is 92.1 Å². The molecule has 5 rings (SSSR count). The van der Waals surface area contributed by atoms with Crippen molar-refractivity contribution in [2.75, 3.05) is 5.75 Å². The molecule has 1 N–H and O–H groups in total. The van der Waals surface area contributed by atoms with Gasteiger partial charge in [-0.05, 0) is 60.7 Å². The molecule has 1 aliphatic carbocycles. The van der Waals surface area contributed by atoms with E-state index in [4.69, 9.17) is 16.6 Å². The molecule has 0 saturated carbocycles. The maximum absolute atomic E-state index is 13.6. The number of hydrogen-bond donors (Lipinski definition) is 1. The molecule has 0 saturated heterocycles. The highest BCUT2D eigenvalue weighted by molar-refractivity contribution is 7.99. The second-order valence-corrected chi connectivity index (χ2v) is 10.4. The summed E-state index contributed by atoms with van der Waals surface area (Å²) in [4.78, 5) is 32.8. The highest BCUT2D eigenvalue weighted by atomic mass is 35.5. The molecule has 35 heavy (non-hydrogen) atoms. The van der Waals surface area contributed by atoms with Gasteiger partial charge in [0.15, 0.2) is 5.16 Å². The van der Waals surface area contributed by atoms with Gasteiger partial charge in [0.25, 0.3) is 11.5 Å². The Morgan fingerprint density at radius 3 is 2.77 bits per heavy atom. The van der Waals surface area contributed by atoms with Gasteiger partial charge in [-0.2, -0.15) is 5.10 Å². The molecule has 0 atom stereocenters. The van der Waals surface area contributed by atoms with E-state index in [9.17, 15) is 9.59 Å². The number of nitrogens with zero attached hydrogens (tertiary/aromatic N) is 3. The number of carbonyl (C=O) groups excluding carboxylic acids is 1. The van der Waals surface area contributed by atoms with Crippen LogP contribution in [0.4, 0.5) is 0 Å². The topological polar surface area (TPSA) is 76.3 Å². The number of amides is 1. The van der Waals surface area contributed by atoms with Gasteiger partial charge in [-0.25, -0.2) is 10.4 Å². The molecule has 0 aliphatic heterocycles. The Kier molecular flexibility index (Phi) is 7.13. The van der Waals surface area contributed by atoms with E-state index in [1.165, 1.54) is 22.9 Å². The predicted molar refractivity (Wildman–Crippen MR) is 145 cm³/mol. The van der Waals surface area contributed by atoms with Crippen LogP contribution in [0.1, 0.15) is 22.4 Å². The number of allylic oxidation sites excluding steroid dienone is 1. The third kappa shape index (κ3) is 5.24. The van der Waals surface area contributed by atoms with Crippen molar-refractivity contribution in [1.82, 2.24) is 15.0 Å². The number of aryl methyl sites for hydroxylation is 2. The number of nitrogens with one attached hydrogen (secondary N) is 1. The minimum atomic E-state index is -0.287. The lowest BCUT2D eigenvalue weighted by Gasteiger charge is -2.12. The van der Waals surface area contributed by atoms with Crippen molar-refractivity contribution in [1.29, 1.82) is 0 Å². The normalized spacial score (nSPS) is 13.2. The van der Waals surface area contributed by atoms with Crippen LogP contribution in [-0.2, 0) is 17.6 Å². The third-order valence-corrected chi connectivity index (χ3v) is 7.94. The van der Waals surface area contributed by atoms with Crippen LogP contribution in [0.3, 0.4) is 0 Å². The van der Waals surface area contributed by atoms with Crippen molar-refractivity contribution < 1.29 is 4.79 Å². The van der Waals surface area contributed by atoms with E-state index in [-0.39, 0.29) is 17.2 Å². The van der Waals surface area contributed by atoms with E-state index >= 15 is 0 Å². The minimum Gasteiger partial charge on any atom is -0.272 e. The number of benzene rings is 2. The van der Waals surface area contributed by atoms with E-state index in [1.54, 1.807) is 46.2 Å². The zero-order chi connectivity index (χ0) is 24.2. The maximum Gasteiger partial charge on any atom is 0.267 e. The Hall–Kier alpha value is -3.20. The summed E-state index contributed by atoms with van der Waals surface area (Å²) >= 11 is 8.85. The Labute approximate surface area is 215 Å². The quantitative estimate of drug-likeness (QED) is 0.151. The molecule has 0 spiro atoms. The summed E-state index contributed by atoms with van der Waals surface area (Å²) in [6, 6.07) is 16.9. The molecule has 4 aromatic rings. The Morgan fingerprint density at radius 2 is 1.97 bits per heavy atom. The zero-order valence-electron chi connectivity index (χ0n) is 18.6. The summed E-state index contributed by atoms with van der Waals surface area (Å²) in [6.07, 6.45) is 8.13. The molecular formula is C26H21ClN4O2S2. The smallest absolute Gasteiger partial charge is 0.267 e. The average Bonchev–Trinajstić information content (AvgIpc) is 3.45. The zero-order valence-corrected chi connectivity index (χ0v) is 21.0. The van der Waals surface area contributed by atoms with Gasteiger partial charge in [-0.3, -0.25) is 14.2 Å². The van der Waals surface area contributed by atoms with Crippen molar-refractivity contribution in [2.45, 2.75) is 24.4 Å². The fourth-order valence-corrected chi connectivity index (χ4v) is 6.21. The van der Waals surface area contributed by atoms with Crippen molar-refractivity contribution in [3.63, 3.8) is 0 Å². The molecule has 1 aliphatic rings. The number of carbonyl (C=O) groups is 1. The molecule has 2 heterocycles. The Bertz CT molecular complexity index is 1490. The molecule has 0 unspecified atom stereocenters. The van der Waals surface area contributed by atoms with Gasteiger partial charge < -0.3 is 0 Å². The highest BCUT2D eigenvalue weighted by Crippen LogP contribution is 2.36. The fraction of sp³-hybridized carbons (Fsp3) is 0.154. The molecular weight excluding hydrogens is 500 g/mol. The van der Waals surface area contributed by atoms with Crippen LogP contribution in [0.5, 0.6) is 0 Å². The second-order valence-electron chi connectivity index (χ2n) is 7.92. The Balaban J connectivity index is 1.35. The largest absolute Gasteiger partial charge is 0.272 e. The van der Waals surface area contributed by atoms with Crippen LogP contribution in [-0.4, -0.2) is 27.4 Å². The summed E-state index contributed by atoms with van der Waals surface area (Å²) in [5, 5.41) is 5.71. The van der Waals surface area contributed by atoms with Gasteiger partial charge in [0.05, 0.1) is 16.8 Å². The van der Waals surface area contributed by atoms with Gasteiger partial charge in [-0.1, -0.05) is 59.8 Å². The van der Waals surface area contributed by atoms with Gasteiger partial charge in [0.2, 0.25) is 0 Å². The van der Waals surface area contributed by atoms with E-state index < -0.39 is 0 Å². The number of thioether (sulfide) groups is 1. The molecule has 0 fully saturated rings. The number of hydrogen-bond acceptors (Lipinski definition) is 6. The van der Waals surface area contributed by atoms with E-state index in [0.717, 1.165) is 35.2 Å². The lowest BCUT2D eigenvalue weighted by atomic mass is 10.2. The van der Waals surface area contributed by atoms with Crippen molar-refractivity contribution >= 4 is 63.1 Å². The van der Waals surface area contributed by atoms with Gasteiger partial charge in [0, 0.05) is 16.1 Å². The van der Waals surface area contributed by atoms with Crippen LogP contribution in [0.25, 0.3) is 22.0 Å². The SMILES string of the molecule is O=C(CSc1nc2sc3c(c2c(=O)n1-c1ccc(Cl)cc1)CCC3)NN=CC=Cc1ccccc1. The van der Waals surface area contributed by atoms with Crippen LogP contribution < -0.4 is 11.0 Å². The van der Waals surface area contributed by atoms with Gasteiger partial charge >= 0.3 is 0 Å². The minimum absolute atomic E-state index is 0.0658. The molecule has 0 bridgehead atoms. The first kappa shape index (κ1) is 23.5. The number of thiophene rings is 1. The molecule has 0 radical (unpaired) electrons. The average molecular weight is 521 g/mol. The van der Waals surface area contributed by atoms with Crippen LogP contribution in [0.2, 0.25) is 5.02 Å². The van der Waals surface area contributed by atoms with Crippen molar-refractivity contribution in [2.24, 2.45) is 5.10 Å². The highest BCUT2D eigenvalue weighted by Gasteiger charge is 2.24. The summed E-state index contributed by atoms with van der Waals surface area (Å²) in [7, 11) is 0. The standard InChI is InChI=1S/C26H21ClN4O2S2/c27-18-11-13-19(14-12-18)31-25(33)23-20-9-4-10-21(20)35-24(23)29-26(31)34-16-22(32)30-28-15-5-8-17-6-2-1-3-7-17/h1-3,5-8,11-15H,4,9-10,16H2,(H,30,32). The number of fused-ring (bicyclic) bond motifs is 3. The monoisotopic (exact) mass is 520 g/mol. The molecule has 2 aromatic carbocycles. The third-order valence-electron chi connectivity index (χ3n) is 5.56. The molecule has 6 nitrogen and oxygen atoms in total. The predicted octanol–water partition coefficient (Wildman–Crippen LogP) is 5.50. The summed E-state index contributed by atoms with van der Waals surface area (Å²) in [5.74, 6) is -0.221. The lowest BCUT2D eigenvalue weighted by Crippen LogP contribution is -2.24. The fourth-order valence-electron chi connectivity index (χ4n) is 3.97. The molecule has 1 amide bonds. The van der Waals surface area contributed by atoms with Crippen LogP contribution >= 0.6 is 34.7 Å². The number of hydrazone groups is 1. The van der Waals surface area contributed by atoms with Gasteiger partial charge in [0.1, 0.15) is 4.83 Å². The van der Waals surface area contributed by atoms with Crippen LogP contribution in [0.15, 0.2) is 75.7 Å². The first-order valence-corrected chi connectivity index (χ1v) is 13.3. The molecule has 176 valence electrons. The number of aromatic nitrogens is 2. The van der Waals surface area contributed by atoms with Crippen molar-refractivity contribution in [3.8, 4) is 5.69 Å². The summed E-state index contributed by atoms with van der Waals surface area (Å²) in [5.41, 5.74) is 5.24. The maximum atomic E-state index is 13.6. The molecule has 9 heteroatoms.